The van der Waals surface area contributed by atoms with Gasteiger partial charge in [-0.15, -0.1) is 11.3 Å². The topological polar surface area (TPSA) is 48.5 Å². The van der Waals surface area contributed by atoms with E-state index in [1.165, 1.54) is 43.6 Å². The molecule has 0 radical (unpaired) electrons. The van der Waals surface area contributed by atoms with Gasteiger partial charge < -0.3 is 10.2 Å². The largest absolute Gasteiger partial charge is 0.306 e. The Morgan fingerprint density at radius 2 is 2.08 bits per heavy atom. The predicted octanol–water partition coefficient (Wildman–Crippen LogP) is 3.74. The number of unbranched alkanes of at least 4 members (excludes halogenated alkanes) is 1. The first-order valence-electron chi connectivity index (χ1n) is 9.65. The van der Waals surface area contributed by atoms with Crippen molar-refractivity contribution in [2.24, 2.45) is 5.92 Å². The maximum absolute atomic E-state index is 12.2. The van der Waals surface area contributed by atoms with E-state index < -0.39 is 0 Å². The van der Waals surface area contributed by atoms with Crippen LogP contribution in [0, 0.1) is 12.8 Å². The number of carbonyl (C=O) groups is 1. The van der Waals surface area contributed by atoms with Crippen LogP contribution in [0.15, 0.2) is 0 Å². The molecule has 1 aliphatic rings. The molecule has 1 saturated heterocycles. The zero-order valence-corrected chi connectivity index (χ0v) is 17.1. The second-order valence-corrected chi connectivity index (χ2v) is 8.52. The summed E-state index contributed by atoms with van der Waals surface area (Å²) in [5.74, 6) is 0.916. The lowest BCUT2D eigenvalue weighted by Gasteiger charge is -2.29. The summed E-state index contributed by atoms with van der Waals surface area (Å²) in [7, 11) is 2.08. The number of piperidine rings is 1. The molecule has 6 heteroatoms. The van der Waals surface area contributed by atoms with Crippen molar-refractivity contribution < 1.29 is 4.79 Å². The molecule has 1 aliphatic heterocycles. The van der Waals surface area contributed by atoms with Gasteiger partial charge in [-0.3, -0.25) is 9.69 Å². The fourth-order valence-electron chi connectivity index (χ4n) is 3.07. The van der Waals surface area contributed by atoms with E-state index in [2.05, 4.69) is 41.0 Å². The number of nitrogens with zero attached hydrogens (tertiary/aromatic N) is 3. The molecule has 0 aromatic carbocycles. The van der Waals surface area contributed by atoms with Crippen molar-refractivity contribution in [2.75, 3.05) is 38.5 Å². The molecule has 1 aromatic heterocycles. The van der Waals surface area contributed by atoms with Gasteiger partial charge >= 0.3 is 0 Å². The Kier molecular flexibility index (Phi) is 8.33. The van der Waals surface area contributed by atoms with Crippen molar-refractivity contribution in [3.05, 3.63) is 10.6 Å². The molecule has 2 rings (SSSR count). The van der Waals surface area contributed by atoms with E-state index in [0.717, 1.165) is 36.4 Å². The molecule has 25 heavy (non-hydrogen) atoms. The lowest BCUT2D eigenvalue weighted by atomic mass is 9.99. The van der Waals surface area contributed by atoms with Crippen LogP contribution >= 0.6 is 11.3 Å². The van der Waals surface area contributed by atoms with Crippen LogP contribution in [0.1, 0.15) is 56.5 Å². The number of carbonyl (C=O) groups excluding carboxylic acids is 1. The maximum Gasteiger partial charge on any atom is 0.227 e. The predicted molar refractivity (Wildman–Crippen MR) is 106 cm³/mol. The Balaban J connectivity index is 1.78. The number of hydrogen-bond acceptors (Lipinski definition) is 5. The normalized spacial score (nSPS) is 16.5. The highest BCUT2D eigenvalue weighted by molar-refractivity contribution is 7.15. The number of thiazole rings is 1. The fraction of sp³-hybridized carbons (Fsp3) is 0.789. The Morgan fingerprint density at radius 3 is 2.76 bits per heavy atom. The molecule has 1 aromatic rings. The van der Waals surface area contributed by atoms with Gasteiger partial charge in [-0.05, 0) is 58.8 Å². The van der Waals surface area contributed by atoms with Gasteiger partial charge in [0.25, 0.3) is 0 Å². The zero-order valence-electron chi connectivity index (χ0n) is 16.3. The van der Waals surface area contributed by atoms with E-state index in [1.54, 1.807) is 11.3 Å². The summed E-state index contributed by atoms with van der Waals surface area (Å²) in [5, 5.41) is 3.73. The van der Waals surface area contributed by atoms with Crippen LogP contribution in [-0.2, 0) is 11.3 Å². The highest BCUT2D eigenvalue weighted by Gasteiger charge is 2.18. The number of aromatic nitrogens is 1. The minimum Gasteiger partial charge on any atom is -0.306 e. The third-order valence-corrected chi connectivity index (χ3v) is 6.05. The van der Waals surface area contributed by atoms with Crippen LogP contribution in [0.25, 0.3) is 0 Å². The van der Waals surface area contributed by atoms with Crippen LogP contribution in [-0.4, -0.2) is 53.9 Å². The Morgan fingerprint density at radius 1 is 1.36 bits per heavy atom. The molecule has 0 spiro atoms. The molecule has 0 bridgehead atoms. The van der Waals surface area contributed by atoms with E-state index in [1.807, 2.05) is 6.92 Å². The Bertz CT molecular complexity index is 538. The van der Waals surface area contributed by atoms with Crippen LogP contribution in [0.5, 0.6) is 0 Å². The summed E-state index contributed by atoms with van der Waals surface area (Å²) in [6.45, 7) is 11.7. The van der Waals surface area contributed by atoms with Gasteiger partial charge in [0.1, 0.15) is 0 Å². The van der Waals surface area contributed by atoms with Crippen molar-refractivity contribution in [3.63, 3.8) is 0 Å². The first-order chi connectivity index (χ1) is 12.0. The van der Waals surface area contributed by atoms with Gasteiger partial charge in [0, 0.05) is 24.4 Å². The summed E-state index contributed by atoms with van der Waals surface area (Å²) >= 11 is 1.63. The van der Waals surface area contributed by atoms with Gasteiger partial charge in [0.15, 0.2) is 5.13 Å². The quantitative estimate of drug-likeness (QED) is 0.723. The molecule has 0 aliphatic carbocycles. The van der Waals surface area contributed by atoms with E-state index >= 15 is 0 Å². The number of hydrogen-bond donors (Lipinski definition) is 1. The Hall–Kier alpha value is -0.980. The lowest BCUT2D eigenvalue weighted by Crippen LogP contribution is -2.32. The van der Waals surface area contributed by atoms with E-state index in [-0.39, 0.29) is 5.91 Å². The highest BCUT2D eigenvalue weighted by Crippen LogP contribution is 2.26. The van der Waals surface area contributed by atoms with Gasteiger partial charge in [-0.25, -0.2) is 4.98 Å². The fourth-order valence-corrected chi connectivity index (χ4v) is 4.09. The smallest absolute Gasteiger partial charge is 0.227 e. The number of likely N-dealkylation sites (tertiary alicyclic amines) is 1. The average Bonchev–Trinajstić information content (AvgIpc) is 2.92. The van der Waals surface area contributed by atoms with Gasteiger partial charge in [0.2, 0.25) is 5.91 Å². The summed E-state index contributed by atoms with van der Waals surface area (Å²) in [6.07, 6.45) is 5.47. The third kappa shape index (κ3) is 7.04. The number of anilines is 1. The molecule has 1 N–H and O–H groups in total. The minimum absolute atomic E-state index is 0.0652. The minimum atomic E-state index is 0.0652. The average molecular weight is 367 g/mol. The number of aryl methyl sites for hydroxylation is 1. The van der Waals surface area contributed by atoms with E-state index in [0.29, 0.717) is 6.42 Å². The second kappa shape index (κ2) is 10.2. The standard InChI is InChI=1S/C19H34N4OS/c1-5-6-10-22(4)11-9-18(24)21-19-20-16(3)17(25-19)14-23-12-7-15(2)8-13-23/h15H,5-14H2,1-4H3,(H,20,21,24). The van der Waals surface area contributed by atoms with E-state index in [4.69, 9.17) is 0 Å². The molecule has 1 amide bonds. The molecule has 1 fully saturated rings. The first-order valence-corrected chi connectivity index (χ1v) is 10.5. The van der Waals surface area contributed by atoms with Crippen molar-refractivity contribution in [1.82, 2.24) is 14.8 Å². The molecule has 0 saturated carbocycles. The van der Waals surface area contributed by atoms with Gasteiger partial charge in [-0.1, -0.05) is 20.3 Å². The monoisotopic (exact) mass is 366 g/mol. The highest BCUT2D eigenvalue weighted by atomic mass is 32.1. The van der Waals surface area contributed by atoms with Crippen LogP contribution in [0.4, 0.5) is 5.13 Å². The molecular weight excluding hydrogens is 332 g/mol. The van der Waals surface area contributed by atoms with Crippen molar-refractivity contribution in [2.45, 2.75) is 59.4 Å². The van der Waals surface area contributed by atoms with Gasteiger partial charge in [0.05, 0.1) is 5.69 Å². The van der Waals surface area contributed by atoms with E-state index in [9.17, 15) is 4.79 Å². The van der Waals surface area contributed by atoms with Crippen molar-refractivity contribution in [3.8, 4) is 0 Å². The molecule has 5 nitrogen and oxygen atoms in total. The molecule has 2 heterocycles. The molecular formula is C19H34N4OS. The first kappa shape index (κ1) is 20.3. The zero-order chi connectivity index (χ0) is 18.2. The van der Waals surface area contributed by atoms with Crippen molar-refractivity contribution >= 4 is 22.4 Å². The van der Waals surface area contributed by atoms with Crippen LogP contribution in [0.3, 0.4) is 0 Å². The Labute approximate surface area is 156 Å². The summed E-state index contributed by atoms with van der Waals surface area (Å²) in [4.78, 5) is 22.7. The molecule has 0 unspecified atom stereocenters. The second-order valence-electron chi connectivity index (χ2n) is 7.44. The molecule has 0 atom stereocenters. The number of amides is 1. The SMILES string of the molecule is CCCCN(C)CCC(=O)Nc1nc(C)c(CN2CCC(C)CC2)s1. The summed E-state index contributed by atoms with van der Waals surface area (Å²) in [6, 6.07) is 0. The molecule has 142 valence electrons. The van der Waals surface area contributed by atoms with Crippen LogP contribution < -0.4 is 5.32 Å². The van der Waals surface area contributed by atoms with Gasteiger partial charge in [-0.2, -0.15) is 0 Å². The summed E-state index contributed by atoms with van der Waals surface area (Å²) < 4.78 is 0. The van der Waals surface area contributed by atoms with Crippen LogP contribution in [0.2, 0.25) is 0 Å². The number of nitrogens with one attached hydrogen (secondary N) is 1. The maximum atomic E-state index is 12.2. The lowest BCUT2D eigenvalue weighted by molar-refractivity contribution is -0.116. The third-order valence-electron chi connectivity index (χ3n) is 5.00. The number of rotatable bonds is 9. The van der Waals surface area contributed by atoms with Crippen molar-refractivity contribution in [1.29, 1.82) is 0 Å². The summed E-state index contributed by atoms with van der Waals surface area (Å²) in [5.41, 5.74) is 1.05.